The molecular weight excluding hydrogens is 402 g/mol. The van der Waals surface area contributed by atoms with Crippen molar-refractivity contribution in [3.8, 4) is 11.5 Å². The number of nitrogens with zero attached hydrogens (tertiary/aromatic N) is 1. The Morgan fingerprint density at radius 3 is 2.38 bits per heavy atom. The monoisotopic (exact) mass is 435 g/mol. The number of ketones is 1. The number of ether oxygens (including phenoxy) is 2. The highest BCUT2D eigenvalue weighted by Crippen LogP contribution is 2.34. The van der Waals surface area contributed by atoms with Gasteiger partial charge in [-0.1, -0.05) is 43.3 Å². The van der Waals surface area contributed by atoms with Gasteiger partial charge in [0, 0.05) is 25.1 Å². The number of hydrogen-bond acceptors (Lipinski definition) is 5. The van der Waals surface area contributed by atoms with Crippen molar-refractivity contribution in [2.75, 3.05) is 19.8 Å². The molecule has 0 radical (unpaired) electrons. The third-order valence-electron chi connectivity index (χ3n) is 5.64. The summed E-state index contributed by atoms with van der Waals surface area (Å²) in [6.07, 6.45) is 2.19. The van der Waals surface area contributed by atoms with Gasteiger partial charge in [-0.25, -0.2) is 0 Å². The molecule has 0 aliphatic heterocycles. The van der Waals surface area contributed by atoms with Gasteiger partial charge < -0.3 is 14.6 Å². The predicted molar refractivity (Wildman–Crippen MR) is 128 cm³/mol. The van der Waals surface area contributed by atoms with Gasteiger partial charge >= 0.3 is 0 Å². The van der Waals surface area contributed by atoms with E-state index in [0.717, 1.165) is 22.6 Å². The number of aliphatic imine (C=N–C) groups is 1. The number of rotatable bonds is 10. The Kier molecular flexibility index (Phi) is 8.48. The molecule has 1 aliphatic carbocycles. The second kappa shape index (κ2) is 11.5. The standard InChI is InChI=1S/C27H33NO4/c1-4-22(27-23(29)17-21(18-24(27)30)20-10-8-7-9-11-20)28-15-14-19-12-13-25(31-5-2)26(16-19)32-6-3/h7-13,16,21,29H,4-6,14-15,17-18H2,1-3H3. The molecule has 5 heteroatoms. The first-order valence-electron chi connectivity index (χ1n) is 11.5. The third-order valence-corrected chi connectivity index (χ3v) is 5.64. The van der Waals surface area contributed by atoms with Crippen molar-refractivity contribution in [3.05, 3.63) is 71.0 Å². The van der Waals surface area contributed by atoms with Crippen LogP contribution in [-0.2, 0) is 11.2 Å². The van der Waals surface area contributed by atoms with Crippen LogP contribution >= 0.6 is 0 Å². The number of carbonyl (C=O) groups is 1. The van der Waals surface area contributed by atoms with Crippen LogP contribution in [0.1, 0.15) is 57.1 Å². The molecule has 3 rings (SSSR count). The van der Waals surface area contributed by atoms with Gasteiger partial charge in [0.1, 0.15) is 5.76 Å². The molecule has 32 heavy (non-hydrogen) atoms. The Bertz CT molecular complexity index is 978. The molecule has 0 fully saturated rings. The highest BCUT2D eigenvalue weighted by molar-refractivity contribution is 6.23. The minimum atomic E-state index is -0.0251. The van der Waals surface area contributed by atoms with E-state index < -0.39 is 0 Å². The Labute approximate surface area is 190 Å². The fourth-order valence-electron chi connectivity index (χ4n) is 4.12. The summed E-state index contributed by atoms with van der Waals surface area (Å²) in [6.45, 7) is 7.56. The molecule has 0 heterocycles. The first kappa shape index (κ1) is 23.6. The maximum atomic E-state index is 12.9. The fraction of sp³-hybridized carbons (Fsp3) is 0.407. The summed E-state index contributed by atoms with van der Waals surface area (Å²) < 4.78 is 11.3. The maximum Gasteiger partial charge on any atom is 0.168 e. The molecule has 170 valence electrons. The number of aliphatic hydroxyl groups is 1. The van der Waals surface area contributed by atoms with E-state index in [1.54, 1.807) is 0 Å². The summed E-state index contributed by atoms with van der Waals surface area (Å²) in [4.78, 5) is 17.6. The lowest BCUT2D eigenvalue weighted by Crippen LogP contribution is -2.23. The topological polar surface area (TPSA) is 68.1 Å². The van der Waals surface area contributed by atoms with E-state index in [1.165, 1.54) is 0 Å². The molecule has 2 aromatic rings. The molecule has 0 amide bonds. The molecule has 2 aromatic carbocycles. The molecule has 0 saturated heterocycles. The van der Waals surface area contributed by atoms with E-state index >= 15 is 0 Å². The first-order chi connectivity index (χ1) is 15.6. The summed E-state index contributed by atoms with van der Waals surface area (Å²) in [7, 11) is 0. The van der Waals surface area contributed by atoms with E-state index in [9.17, 15) is 9.90 Å². The van der Waals surface area contributed by atoms with Crippen molar-refractivity contribution >= 4 is 11.5 Å². The number of Topliss-reactive ketones (excluding diaryl/α,β-unsaturated/α-hetero) is 1. The van der Waals surface area contributed by atoms with Crippen LogP contribution in [-0.4, -0.2) is 36.4 Å². The van der Waals surface area contributed by atoms with Crippen molar-refractivity contribution in [3.63, 3.8) is 0 Å². The number of aliphatic hydroxyl groups excluding tert-OH is 1. The first-order valence-corrected chi connectivity index (χ1v) is 11.5. The van der Waals surface area contributed by atoms with Gasteiger partial charge in [0.15, 0.2) is 17.3 Å². The van der Waals surface area contributed by atoms with Crippen molar-refractivity contribution < 1.29 is 19.4 Å². The van der Waals surface area contributed by atoms with Crippen LogP contribution in [0.4, 0.5) is 0 Å². The van der Waals surface area contributed by atoms with Crippen LogP contribution in [0.5, 0.6) is 11.5 Å². The molecule has 0 spiro atoms. The van der Waals surface area contributed by atoms with E-state index in [2.05, 4.69) is 0 Å². The number of benzene rings is 2. The van der Waals surface area contributed by atoms with E-state index in [0.29, 0.717) is 56.7 Å². The SMILES string of the molecule is CCOc1ccc(CCN=C(CC)C2=C(O)CC(c3ccccc3)CC2=O)cc1OCC. The second-order valence-electron chi connectivity index (χ2n) is 7.84. The molecule has 0 saturated carbocycles. The molecule has 1 aliphatic rings. The van der Waals surface area contributed by atoms with Crippen LogP contribution in [0, 0.1) is 0 Å². The largest absolute Gasteiger partial charge is 0.511 e. The molecule has 0 aromatic heterocycles. The average Bonchev–Trinajstić information content (AvgIpc) is 2.80. The Balaban J connectivity index is 1.72. The lowest BCUT2D eigenvalue weighted by atomic mass is 9.81. The lowest BCUT2D eigenvalue weighted by molar-refractivity contribution is -0.116. The van der Waals surface area contributed by atoms with Gasteiger partial charge in [-0.3, -0.25) is 9.79 Å². The minimum Gasteiger partial charge on any atom is -0.511 e. The van der Waals surface area contributed by atoms with Crippen molar-refractivity contribution in [1.29, 1.82) is 0 Å². The Morgan fingerprint density at radius 2 is 1.72 bits per heavy atom. The molecule has 1 N–H and O–H groups in total. The molecule has 1 atom stereocenters. The Hall–Kier alpha value is -3.08. The van der Waals surface area contributed by atoms with Crippen LogP contribution < -0.4 is 9.47 Å². The van der Waals surface area contributed by atoms with Gasteiger partial charge in [-0.15, -0.1) is 0 Å². The summed E-state index contributed by atoms with van der Waals surface area (Å²) >= 11 is 0. The molecule has 1 unspecified atom stereocenters. The number of allylic oxidation sites excluding steroid dienone is 2. The molecule has 0 bridgehead atoms. The zero-order chi connectivity index (χ0) is 22.9. The summed E-state index contributed by atoms with van der Waals surface area (Å²) in [5.74, 6) is 1.64. The quantitative estimate of drug-likeness (QED) is 0.476. The van der Waals surface area contributed by atoms with Crippen molar-refractivity contribution in [2.45, 2.75) is 52.4 Å². The van der Waals surface area contributed by atoms with Gasteiger partial charge in [0.25, 0.3) is 0 Å². The van der Waals surface area contributed by atoms with Crippen LogP contribution in [0.3, 0.4) is 0 Å². The van der Waals surface area contributed by atoms with Crippen LogP contribution in [0.15, 0.2) is 64.9 Å². The zero-order valence-corrected chi connectivity index (χ0v) is 19.3. The number of carbonyl (C=O) groups excluding carboxylic acids is 1. The van der Waals surface area contributed by atoms with Crippen LogP contribution in [0.2, 0.25) is 0 Å². The van der Waals surface area contributed by atoms with Crippen LogP contribution in [0.25, 0.3) is 0 Å². The van der Waals surface area contributed by atoms with Gasteiger partial charge in [0.2, 0.25) is 0 Å². The fourth-order valence-corrected chi connectivity index (χ4v) is 4.12. The Morgan fingerprint density at radius 1 is 1.00 bits per heavy atom. The van der Waals surface area contributed by atoms with Gasteiger partial charge in [-0.2, -0.15) is 0 Å². The van der Waals surface area contributed by atoms with Gasteiger partial charge in [0.05, 0.1) is 18.8 Å². The average molecular weight is 436 g/mol. The minimum absolute atomic E-state index is 0.0198. The van der Waals surface area contributed by atoms with Crippen molar-refractivity contribution in [1.82, 2.24) is 0 Å². The summed E-state index contributed by atoms with van der Waals surface area (Å²) in [5.41, 5.74) is 3.28. The van der Waals surface area contributed by atoms with E-state index in [1.807, 2.05) is 69.3 Å². The van der Waals surface area contributed by atoms with E-state index in [4.69, 9.17) is 14.5 Å². The number of hydrogen-bond donors (Lipinski definition) is 1. The highest BCUT2D eigenvalue weighted by atomic mass is 16.5. The second-order valence-corrected chi connectivity index (χ2v) is 7.84. The maximum absolute atomic E-state index is 12.9. The lowest BCUT2D eigenvalue weighted by Gasteiger charge is -2.24. The van der Waals surface area contributed by atoms with Gasteiger partial charge in [-0.05, 0) is 55.9 Å². The zero-order valence-electron chi connectivity index (χ0n) is 19.3. The summed E-state index contributed by atoms with van der Waals surface area (Å²) in [5, 5.41) is 10.7. The predicted octanol–water partition coefficient (Wildman–Crippen LogP) is 5.84. The normalized spacial score (nSPS) is 16.9. The smallest absolute Gasteiger partial charge is 0.168 e. The summed E-state index contributed by atoms with van der Waals surface area (Å²) in [6, 6.07) is 15.8. The van der Waals surface area contributed by atoms with E-state index in [-0.39, 0.29) is 17.5 Å². The third kappa shape index (κ3) is 5.78. The highest BCUT2D eigenvalue weighted by Gasteiger charge is 2.30. The van der Waals surface area contributed by atoms with Crippen molar-refractivity contribution in [2.24, 2.45) is 4.99 Å². The molecule has 5 nitrogen and oxygen atoms in total. The molecular formula is C27H33NO4.